The zero-order valence-corrected chi connectivity index (χ0v) is 15.3. The lowest BCUT2D eigenvalue weighted by atomic mass is 10.1. The van der Waals surface area contributed by atoms with E-state index >= 15 is 0 Å². The average Bonchev–Trinajstić information content (AvgIpc) is 2.67. The Morgan fingerprint density at radius 3 is 2.20 bits per heavy atom. The molecule has 0 bridgehead atoms. The minimum absolute atomic E-state index is 0.0599. The second-order valence-corrected chi connectivity index (χ2v) is 6.79. The SMILES string of the molecule is CCc1ccc(-c2ccc(N3CCN(C(=O)C(C)C)CC3)nn2)cc1. The molecular formula is C20H26N4O. The summed E-state index contributed by atoms with van der Waals surface area (Å²) in [6.45, 7) is 9.16. The first-order valence-electron chi connectivity index (χ1n) is 9.05. The van der Waals surface area contributed by atoms with Crippen molar-refractivity contribution in [3.8, 4) is 11.3 Å². The largest absolute Gasteiger partial charge is 0.352 e. The van der Waals surface area contributed by atoms with Gasteiger partial charge in [-0.05, 0) is 24.1 Å². The number of benzene rings is 1. The maximum atomic E-state index is 12.1. The van der Waals surface area contributed by atoms with Gasteiger partial charge in [-0.1, -0.05) is 45.0 Å². The van der Waals surface area contributed by atoms with Gasteiger partial charge in [-0.15, -0.1) is 10.2 Å². The molecule has 0 N–H and O–H groups in total. The van der Waals surface area contributed by atoms with Crippen molar-refractivity contribution in [3.63, 3.8) is 0 Å². The molecule has 1 aliphatic rings. The molecule has 132 valence electrons. The highest BCUT2D eigenvalue weighted by Gasteiger charge is 2.23. The lowest BCUT2D eigenvalue weighted by molar-refractivity contribution is -0.134. The highest BCUT2D eigenvalue weighted by Crippen LogP contribution is 2.20. The quantitative estimate of drug-likeness (QED) is 0.860. The summed E-state index contributed by atoms with van der Waals surface area (Å²) in [4.78, 5) is 16.2. The van der Waals surface area contributed by atoms with Crippen molar-refractivity contribution in [1.29, 1.82) is 0 Å². The van der Waals surface area contributed by atoms with Crippen LogP contribution in [0.2, 0.25) is 0 Å². The van der Waals surface area contributed by atoms with E-state index in [1.54, 1.807) is 0 Å². The molecule has 0 radical (unpaired) electrons. The first kappa shape index (κ1) is 17.4. The predicted molar refractivity (Wildman–Crippen MR) is 100 cm³/mol. The van der Waals surface area contributed by atoms with E-state index in [1.807, 2.05) is 30.9 Å². The number of aryl methyl sites for hydroxylation is 1. The van der Waals surface area contributed by atoms with Gasteiger partial charge in [-0.2, -0.15) is 0 Å². The molecular weight excluding hydrogens is 312 g/mol. The molecule has 0 spiro atoms. The minimum atomic E-state index is 0.0599. The molecule has 0 aliphatic carbocycles. The fourth-order valence-corrected chi connectivity index (χ4v) is 3.08. The highest BCUT2D eigenvalue weighted by atomic mass is 16.2. The number of hydrogen-bond donors (Lipinski definition) is 0. The van der Waals surface area contributed by atoms with Crippen LogP contribution in [0.15, 0.2) is 36.4 Å². The van der Waals surface area contributed by atoms with Crippen LogP contribution in [-0.4, -0.2) is 47.2 Å². The van der Waals surface area contributed by atoms with Crippen LogP contribution < -0.4 is 4.90 Å². The van der Waals surface area contributed by atoms with E-state index in [9.17, 15) is 4.79 Å². The second kappa shape index (κ2) is 7.64. The van der Waals surface area contributed by atoms with Gasteiger partial charge in [0, 0.05) is 37.7 Å². The van der Waals surface area contributed by atoms with E-state index in [4.69, 9.17) is 0 Å². The molecule has 2 heterocycles. The normalized spacial score (nSPS) is 14.9. The first-order chi connectivity index (χ1) is 12.1. The third-order valence-electron chi connectivity index (χ3n) is 4.72. The summed E-state index contributed by atoms with van der Waals surface area (Å²) in [5, 5.41) is 8.79. The van der Waals surface area contributed by atoms with Gasteiger partial charge in [0.15, 0.2) is 5.82 Å². The summed E-state index contributed by atoms with van der Waals surface area (Å²) in [5.41, 5.74) is 3.30. The van der Waals surface area contributed by atoms with Gasteiger partial charge in [0.05, 0.1) is 5.69 Å². The summed E-state index contributed by atoms with van der Waals surface area (Å²) in [5.74, 6) is 1.17. The molecule has 2 aromatic rings. The zero-order chi connectivity index (χ0) is 17.8. The number of rotatable bonds is 4. The van der Waals surface area contributed by atoms with Crippen molar-refractivity contribution in [1.82, 2.24) is 15.1 Å². The van der Waals surface area contributed by atoms with Gasteiger partial charge in [-0.3, -0.25) is 4.79 Å². The first-order valence-corrected chi connectivity index (χ1v) is 9.05. The van der Waals surface area contributed by atoms with Crippen molar-refractivity contribution < 1.29 is 4.79 Å². The number of anilines is 1. The van der Waals surface area contributed by atoms with Crippen LogP contribution in [-0.2, 0) is 11.2 Å². The predicted octanol–water partition coefficient (Wildman–Crippen LogP) is 3.01. The van der Waals surface area contributed by atoms with Crippen LogP contribution >= 0.6 is 0 Å². The van der Waals surface area contributed by atoms with Crippen LogP contribution in [0.25, 0.3) is 11.3 Å². The van der Waals surface area contributed by atoms with Crippen LogP contribution in [0.5, 0.6) is 0 Å². The Balaban J connectivity index is 1.64. The van der Waals surface area contributed by atoms with Gasteiger partial charge in [0.2, 0.25) is 5.91 Å². The van der Waals surface area contributed by atoms with Crippen molar-refractivity contribution in [2.45, 2.75) is 27.2 Å². The van der Waals surface area contributed by atoms with E-state index in [-0.39, 0.29) is 11.8 Å². The third kappa shape index (κ3) is 3.98. The monoisotopic (exact) mass is 338 g/mol. The minimum Gasteiger partial charge on any atom is -0.352 e. The lowest BCUT2D eigenvalue weighted by Crippen LogP contribution is -2.50. The van der Waals surface area contributed by atoms with Gasteiger partial charge < -0.3 is 9.80 Å². The van der Waals surface area contributed by atoms with Gasteiger partial charge in [0.25, 0.3) is 0 Å². The summed E-state index contributed by atoms with van der Waals surface area (Å²) in [6, 6.07) is 12.5. The molecule has 0 unspecified atom stereocenters. The summed E-state index contributed by atoms with van der Waals surface area (Å²) < 4.78 is 0. The Morgan fingerprint density at radius 2 is 1.68 bits per heavy atom. The van der Waals surface area contributed by atoms with Crippen LogP contribution in [0, 0.1) is 5.92 Å². The second-order valence-electron chi connectivity index (χ2n) is 6.79. The van der Waals surface area contributed by atoms with Gasteiger partial charge in [-0.25, -0.2) is 0 Å². The summed E-state index contributed by atoms with van der Waals surface area (Å²) >= 11 is 0. The molecule has 1 aromatic carbocycles. The molecule has 25 heavy (non-hydrogen) atoms. The molecule has 1 amide bonds. The van der Waals surface area contributed by atoms with Crippen molar-refractivity contribution in [3.05, 3.63) is 42.0 Å². The van der Waals surface area contributed by atoms with Crippen LogP contribution in [0.1, 0.15) is 26.3 Å². The summed E-state index contributed by atoms with van der Waals surface area (Å²) in [6.07, 6.45) is 1.04. The maximum absolute atomic E-state index is 12.1. The standard InChI is InChI=1S/C20H26N4O/c1-4-16-5-7-17(8-6-16)18-9-10-19(22-21-18)23-11-13-24(14-12-23)20(25)15(2)3/h5-10,15H,4,11-14H2,1-3H3. The average molecular weight is 338 g/mol. The van der Waals surface area contributed by atoms with E-state index in [0.29, 0.717) is 0 Å². The van der Waals surface area contributed by atoms with Gasteiger partial charge in [0.1, 0.15) is 0 Å². The molecule has 5 heteroatoms. The molecule has 1 fully saturated rings. The Morgan fingerprint density at radius 1 is 1.00 bits per heavy atom. The molecule has 0 saturated carbocycles. The molecule has 1 aromatic heterocycles. The van der Waals surface area contributed by atoms with E-state index < -0.39 is 0 Å². The lowest BCUT2D eigenvalue weighted by Gasteiger charge is -2.36. The number of piperazine rings is 1. The zero-order valence-electron chi connectivity index (χ0n) is 15.3. The number of carbonyl (C=O) groups is 1. The number of amides is 1. The third-order valence-corrected chi connectivity index (χ3v) is 4.72. The summed E-state index contributed by atoms with van der Waals surface area (Å²) in [7, 11) is 0. The van der Waals surface area contributed by atoms with Crippen molar-refractivity contribution >= 4 is 11.7 Å². The van der Waals surface area contributed by atoms with Crippen molar-refractivity contribution in [2.75, 3.05) is 31.1 Å². The van der Waals surface area contributed by atoms with E-state index in [1.165, 1.54) is 5.56 Å². The highest BCUT2D eigenvalue weighted by molar-refractivity contribution is 5.78. The molecule has 3 rings (SSSR count). The van der Waals surface area contributed by atoms with Crippen molar-refractivity contribution in [2.24, 2.45) is 5.92 Å². The molecule has 0 atom stereocenters. The fourth-order valence-electron chi connectivity index (χ4n) is 3.08. The molecule has 1 saturated heterocycles. The van der Waals surface area contributed by atoms with Gasteiger partial charge >= 0.3 is 0 Å². The molecule has 1 aliphatic heterocycles. The molecule has 5 nitrogen and oxygen atoms in total. The van der Waals surface area contributed by atoms with Crippen LogP contribution in [0.3, 0.4) is 0 Å². The smallest absolute Gasteiger partial charge is 0.225 e. The van der Waals surface area contributed by atoms with Crippen LogP contribution in [0.4, 0.5) is 5.82 Å². The number of nitrogens with zero attached hydrogens (tertiary/aromatic N) is 4. The topological polar surface area (TPSA) is 49.3 Å². The Labute approximate surface area is 149 Å². The van der Waals surface area contributed by atoms with E-state index in [0.717, 1.165) is 49.7 Å². The fraction of sp³-hybridized carbons (Fsp3) is 0.450. The number of hydrogen-bond acceptors (Lipinski definition) is 4. The Hall–Kier alpha value is -2.43. The Kier molecular flexibility index (Phi) is 5.31. The number of carbonyl (C=O) groups excluding carboxylic acids is 1. The maximum Gasteiger partial charge on any atom is 0.225 e. The van der Waals surface area contributed by atoms with E-state index in [2.05, 4.69) is 46.3 Å². The number of aromatic nitrogens is 2. The Bertz CT molecular complexity index is 701.